The minimum Gasteiger partial charge on any atom is -0.338 e. The molecule has 0 saturated heterocycles. The molecule has 0 saturated carbocycles. The van der Waals surface area contributed by atoms with Crippen molar-refractivity contribution in [1.29, 1.82) is 0 Å². The van der Waals surface area contributed by atoms with Crippen molar-refractivity contribution in [3.05, 3.63) is 88.7 Å². The molecule has 3 rings (SSSR count). The van der Waals surface area contributed by atoms with E-state index in [1.54, 1.807) is 0 Å². The fourth-order valence-corrected chi connectivity index (χ4v) is 3.54. The number of carbonyl (C=O) groups excluding carboxylic acids is 1. The summed E-state index contributed by atoms with van der Waals surface area (Å²) in [5, 5.41) is 10.4. The molecule has 2 aromatic carbocycles. The van der Waals surface area contributed by atoms with Gasteiger partial charge in [0.05, 0.1) is 5.69 Å². The van der Waals surface area contributed by atoms with Crippen molar-refractivity contribution < 1.29 is 4.79 Å². The standard InChI is InChI=1S/C23H28N4O/c1-17-21(18(2)27(3)26-17)14-15-24-23(28)25-16-22(19-10-6-4-7-11-19)20-12-8-5-9-13-20/h4-13,22H,14-16H2,1-3H3,(H2,24,25,28). The molecule has 0 aliphatic rings. The molecule has 5 nitrogen and oxygen atoms in total. The molecule has 2 amide bonds. The summed E-state index contributed by atoms with van der Waals surface area (Å²) >= 11 is 0. The Hall–Kier alpha value is -3.08. The van der Waals surface area contributed by atoms with E-state index in [9.17, 15) is 4.79 Å². The smallest absolute Gasteiger partial charge is 0.314 e. The minimum atomic E-state index is -0.143. The van der Waals surface area contributed by atoms with E-state index >= 15 is 0 Å². The molecule has 0 atom stereocenters. The zero-order chi connectivity index (χ0) is 19.9. The van der Waals surface area contributed by atoms with E-state index in [0.717, 1.165) is 17.8 Å². The Morgan fingerprint density at radius 1 is 0.964 bits per heavy atom. The summed E-state index contributed by atoms with van der Waals surface area (Å²) in [6, 6.07) is 20.4. The molecule has 5 heteroatoms. The fourth-order valence-electron chi connectivity index (χ4n) is 3.54. The van der Waals surface area contributed by atoms with Crippen molar-refractivity contribution in [2.45, 2.75) is 26.2 Å². The highest BCUT2D eigenvalue weighted by atomic mass is 16.2. The number of aromatic nitrogens is 2. The van der Waals surface area contributed by atoms with Gasteiger partial charge >= 0.3 is 6.03 Å². The van der Waals surface area contributed by atoms with Gasteiger partial charge in [-0.2, -0.15) is 5.10 Å². The molecule has 0 bridgehead atoms. The van der Waals surface area contributed by atoms with Gasteiger partial charge in [-0.25, -0.2) is 4.79 Å². The molecule has 146 valence electrons. The molecule has 3 aromatic rings. The molecular formula is C23H28N4O. The van der Waals surface area contributed by atoms with Crippen LogP contribution in [-0.4, -0.2) is 28.9 Å². The first-order valence-electron chi connectivity index (χ1n) is 9.67. The van der Waals surface area contributed by atoms with Gasteiger partial charge in [-0.15, -0.1) is 0 Å². The van der Waals surface area contributed by atoms with Crippen molar-refractivity contribution in [3.63, 3.8) is 0 Å². The second-order valence-corrected chi connectivity index (χ2v) is 7.03. The molecule has 0 aliphatic carbocycles. The van der Waals surface area contributed by atoms with Gasteiger partial charge in [0.2, 0.25) is 0 Å². The largest absolute Gasteiger partial charge is 0.338 e. The van der Waals surface area contributed by atoms with Crippen LogP contribution in [0.15, 0.2) is 60.7 Å². The topological polar surface area (TPSA) is 59.0 Å². The number of nitrogens with one attached hydrogen (secondary N) is 2. The average molecular weight is 377 g/mol. The molecule has 2 N–H and O–H groups in total. The second-order valence-electron chi connectivity index (χ2n) is 7.03. The van der Waals surface area contributed by atoms with Gasteiger partial charge < -0.3 is 10.6 Å². The van der Waals surface area contributed by atoms with E-state index in [0.29, 0.717) is 13.1 Å². The van der Waals surface area contributed by atoms with Crippen LogP contribution in [-0.2, 0) is 13.5 Å². The maximum atomic E-state index is 12.3. The van der Waals surface area contributed by atoms with Gasteiger partial charge in [0.25, 0.3) is 0 Å². The third-order valence-electron chi connectivity index (χ3n) is 5.19. The van der Waals surface area contributed by atoms with E-state index < -0.39 is 0 Å². The van der Waals surface area contributed by atoms with Crippen LogP contribution in [0, 0.1) is 13.8 Å². The lowest BCUT2D eigenvalue weighted by atomic mass is 9.91. The number of amides is 2. The Morgan fingerprint density at radius 2 is 1.54 bits per heavy atom. The van der Waals surface area contributed by atoms with Gasteiger partial charge in [-0.3, -0.25) is 4.68 Å². The third-order valence-corrected chi connectivity index (χ3v) is 5.19. The quantitative estimate of drug-likeness (QED) is 0.660. The van der Waals surface area contributed by atoms with Crippen LogP contribution in [0.3, 0.4) is 0 Å². The van der Waals surface area contributed by atoms with Gasteiger partial charge in [-0.1, -0.05) is 60.7 Å². The predicted molar refractivity (Wildman–Crippen MR) is 113 cm³/mol. The SMILES string of the molecule is Cc1nn(C)c(C)c1CCNC(=O)NCC(c1ccccc1)c1ccccc1. The van der Waals surface area contributed by atoms with Crippen molar-refractivity contribution >= 4 is 6.03 Å². The van der Waals surface area contributed by atoms with Gasteiger partial charge in [0.15, 0.2) is 0 Å². The van der Waals surface area contributed by atoms with E-state index in [-0.39, 0.29) is 11.9 Å². The average Bonchev–Trinajstić information content (AvgIpc) is 2.96. The first-order chi connectivity index (χ1) is 13.6. The molecule has 28 heavy (non-hydrogen) atoms. The Bertz CT molecular complexity index is 864. The summed E-state index contributed by atoms with van der Waals surface area (Å²) in [6.07, 6.45) is 0.778. The summed E-state index contributed by atoms with van der Waals surface area (Å²) in [7, 11) is 1.94. The van der Waals surface area contributed by atoms with Gasteiger partial charge in [-0.05, 0) is 37.0 Å². The van der Waals surface area contributed by atoms with Crippen molar-refractivity contribution in [3.8, 4) is 0 Å². The van der Waals surface area contributed by atoms with Gasteiger partial charge in [0.1, 0.15) is 0 Å². The highest BCUT2D eigenvalue weighted by Crippen LogP contribution is 2.23. The summed E-state index contributed by atoms with van der Waals surface area (Å²) in [5.41, 5.74) is 5.75. The zero-order valence-electron chi connectivity index (χ0n) is 16.8. The van der Waals surface area contributed by atoms with E-state index in [2.05, 4.69) is 46.9 Å². The molecule has 1 aromatic heterocycles. The molecule has 0 spiro atoms. The number of benzene rings is 2. The van der Waals surface area contributed by atoms with Crippen LogP contribution >= 0.6 is 0 Å². The number of hydrogen-bond donors (Lipinski definition) is 2. The number of carbonyl (C=O) groups is 1. The summed E-state index contributed by atoms with van der Waals surface area (Å²) < 4.78 is 1.88. The van der Waals surface area contributed by atoms with Crippen LogP contribution in [0.4, 0.5) is 4.79 Å². The van der Waals surface area contributed by atoms with Crippen molar-refractivity contribution in [2.24, 2.45) is 7.05 Å². The highest BCUT2D eigenvalue weighted by Gasteiger charge is 2.15. The maximum absolute atomic E-state index is 12.3. The maximum Gasteiger partial charge on any atom is 0.314 e. The van der Waals surface area contributed by atoms with Crippen molar-refractivity contribution in [2.75, 3.05) is 13.1 Å². The number of aryl methyl sites for hydroxylation is 2. The number of hydrogen-bond acceptors (Lipinski definition) is 2. The minimum absolute atomic E-state index is 0.121. The van der Waals surface area contributed by atoms with Gasteiger partial charge in [0, 0.05) is 31.7 Å². The zero-order valence-corrected chi connectivity index (χ0v) is 16.8. The Balaban J connectivity index is 1.57. The van der Waals surface area contributed by atoms with Crippen molar-refractivity contribution in [1.82, 2.24) is 20.4 Å². The fraction of sp³-hybridized carbons (Fsp3) is 0.304. The normalized spacial score (nSPS) is 10.9. The molecule has 0 fully saturated rings. The summed E-state index contributed by atoms with van der Waals surface area (Å²) in [4.78, 5) is 12.3. The molecule has 0 unspecified atom stereocenters. The summed E-state index contributed by atoms with van der Waals surface area (Å²) in [6.45, 7) is 5.19. The Labute approximate surface area is 166 Å². The number of nitrogens with zero attached hydrogens (tertiary/aromatic N) is 2. The monoisotopic (exact) mass is 376 g/mol. The van der Waals surface area contributed by atoms with E-state index in [1.807, 2.05) is 55.1 Å². The van der Waals surface area contributed by atoms with Crippen LogP contribution in [0.25, 0.3) is 0 Å². The molecule has 0 aliphatic heterocycles. The number of rotatable bonds is 7. The lowest BCUT2D eigenvalue weighted by molar-refractivity contribution is 0.240. The van der Waals surface area contributed by atoms with E-state index in [4.69, 9.17) is 0 Å². The lowest BCUT2D eigenvalue weighted by Gasteiger charge is -2.19. The lowest BCUT2D eigenvalue weighted by Crippen LogP contribution is -2.39. The van der Waals surface area contributed by atoms with Crippen LogP contribution < -0.4 is 10.6 Å². The number of urea groups is 1. The predicted octanol–water partition coefficient (Wildman–Crippen LogP) is 3.71. The Morgan fingerprint density at radius 3 is 2.04 bits per heavy atom. The third kappa shape index (κ3) is 4.80. The molecular weight excluding hydrogens is 348 g/mol. The summed E-state index contributed by atoms with van der Waals surface area (Å²) in [5.74, 6) is 0.121. The molecule has 0 radical (unpaired) electrons. The van der Waals surface area contributed by atoms with E-state index in [1.165, 1.54) is 16.7 Å². The Kier molecular flexibility index (Phi) is 6.48. The highest BCUT2D eigenvalue weighted by molar-refractivity contribution is 5.74. The first-order valence-corrected chi connectivity index (χ1v) is 9.67. The molecule has 1 heterocycles. The first kappa shape index (κ1) is 19.7. The van der Waals surface area contributed by atoms with Crippen LogP contribution in [0.5, 0.6) is 0 Å². The van der Waals surface area contributed by atoms with Crippen LogP contribution in [0.2, 0.25) is 0 Å². The van der Waals surface area contributed by atoms with Crippen LogP contribution in [0.1, 0.15) is 34.0 Å². The second kappa shape index (κ2) is 9.22.